The molecule has 0 aromatic heterocycles. The van der Waals surface area contributed by atoms with Crippen LogP contribution in [0.15, 0.2) is 0 Å². The maximum Gasteiger partial charge on any atom is 0.0546 e. The van der Waals surface area contributed by atoms with Gasteiger partial charge < -0.3 is 10.1 Å². The Kier molecular flexibility index (Phi) is 3.87. The zero-order valence-corrected chi connectivity index (χ0v) is 7.60. The van der Waals surface area contributed by atoms with E-state index in [0.717, 1.165) is 5.92 Å². The van der Waals surface area contributed by atoms with Crippen LogP contribution in [-0.4, -0.2) is 26.3 Å². The second-order valence-electron chi connectivity index (χ2n) is 3.49. The second kappa shape index (κ2) is 4.73. The summed E-state index contributed by atoms with van der Waals surface area (Å²) in [5, 5.41) is 3.41. The maximum absolute atomic E-state index is 5.23. The Morgan fingerprint density at radius 3 is 3.00 bits per heavy atom. The second-order valence-corrected chi connectivity index (χ2v) is 3.49. The molecule has 2 heteroatoms. The minimum absolute atomic E-state index is 0.430. The lowest BCUT2D eigenvalue weighted by Crippen LogP contribution is -2.31. The van der Waals surface area contributed by atoms with E-state index in [2.05, 4.69) is 12.2 Å². The molecule has 0 aromatic rings. The van der Waals surface area contributed by atoms with Crippen molar-refractivity contribution in [2.45, 2.75) is 32.3 Å². The van der Waals surface area contributed by atoms with Crippen LogP contribution in [0.4, 0.5) is 0 Å². The van der Waals surface area contributed by atoms with Gasteiger partial charge >= 0.3 is 0 Å². The molecule has 1 fully saturated rings. The van der Waals surface area contributed by atoms with Crippen LogP contribution in [0.5, 0.6) is 0 Å². The van der Waals surface area contributed by atoms with Crippen molar-refractivity contribution in [3.8, 4) is 0 Å². The van der Waals surface area contributed by atoms with E-state index in [1.54, 1.807) is 7.11 Å². The average molecular weight is 157 g/mol. The largest absolute Gasteiger partial charge is 0.382 e. The zero-order valence-electron chi connectivity index (χ0n) is 7.60. The van der Waals surface area contributed by atoms with Gasteiger partial charge in [-0.2, -0.15) is 0 Å². The molecule has 1 rings (SSSR count). The van der Waals surface area contributed by atoms with Crippen molar-refractivity contribution >= 4 is 0 Å². The monoisotopic (exact) mass is 157 g/mol. The zero-order chi connectivity index (χ0) is 8.10. The fourth-order valence-corrected chi connectivity index (χ4v) is 1.69. The van der Waals surface area contributed by atoms with Crippen LogP contribution in [0.3, 0.4) is 0 Å². The van der Waals surface area contributed by atoms with E-state index in [-0.39, 0.29) is 0 Å². The van der Waals surface area contributed by atoms with E-state index in [9.17, 15) is 0 Å². The van der Waals surface area contributed by atoms with Crippen molar-refractivity contribution in [3.05, 3.63) is 0 Å². The number of hydrogen-bond donors (Lipinski definition) is 1. The third-order valence-corrected chi connectivity index (χ3v) is 2.47. The molecule has 0 radical (unpaired) electrons. The van der Waals surface area contributed by atoms with Crippen molar-refractivity contribution in [1.29, 1.82) is 0 Å². The Bertz CT molecular complexity index is 99.7. The summed E-state index contributed by atoms with van der Waals surface area (Å²) >= 11 is 0. The SMILES string of the molecule is COC(C)CC1CCCNC1. The molecule has 1 heterocycles. The Hall–Kier alpha value is -0.0800. The van der Waals surface area contributed by atoms with Crippen LogP contribution in [-0.2, 0) is 4.74 Å². The van der Waals surface area contributed by atoms with E-state index in [1.807, 2.05) is 0 Å². The molecule has 1 N–H and O–H groups in total. The van der Waals surface area contributed by atoms with Crippen molar-refractivity contribution in [3.63, 3.8) is 0 Å². The first-order valence-electron chi connectivity index (χ1n) is 4.56. The van der Waals surface area contributed by atoms with Gasteiger partial charge in [-0.1, -0.05) is 0 Å². The lowest BCUT2D eigenvalue weighted by molar-refractivity contribution is 0.0903. The molecule has 0 saturated carbocycles. The molecule has 1 aliphatic rings. The molecule has 11 heavy (non-hydrogen) atoms. The Labute approximate surface area is 69.3 Å². The normalized spacial score (nSPS) is 28.4. The number of ether oxygens (including phenoxy) is 1. The van der Waals surface area contributed by atoms with Gasteiger partial charge in [-0.25, -0.2) is 0 Å². The first-order chi connectivity index (χ1) is 5.33. The van der Waals surface area contributed by atoms with E-state index in [1.165, 1.54) is 32.4 Å². The highest BCUT2D eigenvalue weighted by Gasteiger charge is 2.15. The van der Waals surface area contributed by atoms with Gasteiger partial charge in [-0.05, 0) is 45.2 Å². The van der Waals surface area contributed by atoms with Crippen molar-refractivity contribution in [2.24, 2.45) is 5.92 Å². The van der Waals surface area contributed by atoms with Crippen LogP contribution in [0.1, 0.15) is 26.2 Å². The van der Waals surface area contributed by atoms with E-state index >= 15 is 0 Å². The molecule has 66 valence electrons. The number of methoxy groups -OCH3 is 1. The predicted molar refractivity (Wildman–Crippen MR) is 46.7 cm³/mol. The molecular weight excluding hydrogens is 138 g/mol. The van der Waals surface area contributed by atoms with Gasteiger partial charge in [0.2, 0.25) is 0 Å². The average Bonchev–Trinajstić information content (AvgIpc) is 2.06. The topological polar surface area (TPSA) is 21.3 Å². The van der Waals surface area contributed by atoms with E-state index in [0.29, 0.717) is 6.10 Å². The molecule has 2 atom stereocenters. The Morgan fingerprint density at radius 2 is 2.45 bits per heavy atom. The first kappa shape index (κ1) is 9.01. The van der Waals surface area contributed by atoms with Crippen LogP contribution < -0.4 is 5.32 Å². The molecular formula is C9H19NO. The summed E-state index contributed by atoms with van der Waals surface area (Å²) in [6, 6.07) is 0. The van der Waals surface area contributed by atoms with E-state index in [4.69, 9.17) is 4.74 Å². The maximum atomic E-state index is 5.23. The predicted octanol–water partition coefficient (Wildman–Crippen LogP) is 1.41. The summed E-state index contributed by atoms with van der Waals surface area (Å²) in [6.07, 6.45) is 4.35. The molecule has 1 aliphatic heterocycles. The highest BCUT2D eigenvalue weighted by atomic mass is 16.5. The molecule has 0 amide bonds. The van der Waals surface area contributed by atoms with Gasteiger partial charge in [0, 0.05) is 7.11 Å². The summed E-state index contributed by atoms with van der Waals surface area (Å²) < 4.78 is 5.23. The summed E-state index contributed by atoms with van der Waals surface area (Å²) in [4.78, 5) is 0. The van der Waals surface area contributed by atoms with Crippen LogP contribution in [0.2, 0.25) is 0 Å². The summed E-state index contributed by atoms with van der Waals surface area (Å²) in [6.45, 7) is 4.54. The van der Waals surface area contributed by atoms with Gasteiger partial charge in [0.15, 0.2) is 0 Å². The lowest BCUT2D eigenvalue weighted by Gasteiger charge is -2.24. The van der Waals surface area contributed by atoms with Gasteiger partial charge in [0.25, 0.3) is 0 Å². The van der Waals surface area contributed by atoms with Gasteiger partial charge in [-0.15, -0.1) is 0 Å². The highest BCUT2D eigenvalue weighted by Crippen LogP contribution is 2.16. The molecule has 0 spiro atoms. The Balaban J connectivity index is 2.13. The molecule has 0 aliphatic carbocycles. The number of piperidine rings is 1. The van der Waals surface area contributed by atoms with Crippen LogP contribution >= 0.6 is 0 Å². The number of rotatable bonds is 3. The van der Waals surface area contributed by atoms with Crippen molar-refractivity contribution in [1.82, 2.24) is 5.32 Å². The summed E-state index contributed by atoms with van der Waals surface area (Å²) in [7, 11) is 1.79. The highest BCUT2D eigenvalue weighted by molar-refractivity contribution is 4.70. The Morgan fingerprint density at radius 1 is 1.64 bits per heavy atom. The fourth-order valence-electron chi connectivity index (χ4n) is 1.69. The molecule has 0 aromatic carbocycles. The smallest absolute Gasteiger partial charge is 0.0546 e. The minimum atomic E-state index is 0.430. The van der Waals surface area contributed by atoms with Crippen molar-refractivity contribution in [2.75, 3.05) is 20.2 Å². The molecule has 0 bridgehead atoms. The molecule has 1 saturated heterocycles. The third-order valence-electron chi connectivity index (χ3n) is 2.47. The van der Waals surface area contributed by atoms with Gasteiger partial charge in [0.1, 0.15) is 0 Å². The standard InChI is InChI=1S/C9H19NO/c1-8(11-2)6-9-4-3-5-10-7-9/h8-10H,3-7H2,1-2H3. The first-order valence-corrected chi connectivity index (χ1v) is 4.56. The third kappa shape index (κ3) is 3.21. The molecule has 2 unspecified atom stereocenters. The summed E-state index contributed by atoms with van der Waals surface area (Å²) in [5.41, 5.74) is 0. The molecule has 2 nitrogen and oxygen atoms in total. The minimum Gasteiger partial charge on any atom is -0.382 e. The lowest BCUT2D eigenvalue weighted by atomic mass is 9.94. The van der Waals surface area contributed by atoms with Crippen LogP contribution in [0.25, 0.3) is 0 Å². The number of hydrogen-bond acceptors (Lipinski definition) is 2. The number of nitrogens with one attached hydrogen (secondary N) is 1. The van der Waals surface area contributed by atoms with Crippen molar-refractivity contribution < 1.29 is 4.74 Å². The summed E-state index contributed by atoms with van der Waals surface area (Å²) in [5.74, 6) is 0.846. The quantitative estimate of drug-likeness (QED) is 0.669. The van der Waals surface area contributed by atoms with Gasteiger partial charge in [-0.3, -0.25) is 0 Å². The van der Waals surface area contributed by atoms with Crippen LogP contribution in [0, 0.1) is 5.92 Å². The fraction of sp³-hybridized carbons (Fsp3) is 1.00. The van der Waals surface area contributed by atoms with E-state index < -0.39 is 0 Å². The van der Waals surface area contributed by atoms with Gasteiger partial charge in [0.05, 0.1) is 6.10 Å².